The molecule has 0 aliphatic heterocycles. The molecule has 1 aromatic rings. The smallest absolute Gasteiger partial charge is 0.203 e. The van der Waals surface area contributed by atoms with Gasteiger partial charge in [-0.1, -0.05) is 6.92 Å². The number of ether oxygens (including phenoxy) is 1. The summed E-state index contributed by atoms with van der Waals surface area (Å²) in [5.74, 6) is 2.11. The highest BCUT2D eigenvalue weighted by atomic mass is 32.2. The molecule has 1 unspecified atom stereocenters. The van der Waals surface area contributed by atoms with Crippen LogP contribution in [0.15, 0.2) is 6.20 Å². The third-order valence-corrected chi connectivity index (χ3v) is 3.72. The lowest BCUT2D eigenvalue weighted by molar-refractivity contribution is 0.142. The third-order valence-electron chi connectivity index (χ3n) is 2.98. The Kier molecular flexibility index (Phi) is 7.98. The number of aromatic nitrogens is 2. The van der Waals surface area contributed by atoms with Gasteiger partial charge in [-0.25, -0.2) is 4.98 Å². The number of imidazole rings is 1. The zero-order valence-electron chi connectivity index (χ0n) is 12.6. The van der Waals surface area contributed by atoms with Crippen molar-refractivity contribution >= 4 is 17.7 Å². The van der Waals surface area contributed by atoms with Crippen molar-refractivity contribution < 1.29 is 4.74 Å². The molecule has 0 saturated carbocycles. The van der Waals surface area contributed by atoms with Crippen LogP contribution in [0.5, 0.6) is 0 Å². The van der Waals surface area contributed by atoms with Crippen LogP contribution in [0.1, 0.15) is 32.4 Å². The van der Waals surface area contributed by atoms with Gasteiger partial charge in [0.2, 0.25) is 5.95 Å². The fourth-order valence-corrected chi connectivity index (χ4v) is 2.68. The number of nitrogens with zero attached hydrogens (tertiary/aromatic N) is 2. The van der Waals surface area contributed by atoms with E-state index in [1.807, 2.05) is 25.6 Å². The van der Waals surface area contributed by atoms with E-state index in [9.17, 15) is 0 Å². The lowest BCUT2D eigenvalue weighted by atomic mass is 10.3. The number of hydrogen-bond donors (Lipinski definition) is 1. The van der Waals surface area contributed by atoms with E-state index >= 15 is 0 Å². The molecule has 0 radical (unpaired) electrons. The maximum absolute atomic E-state index is 5.39. The Morgan fingerprint density at radius 3 is 2.89 bits per heavy atom. The molecule has 1 atom stereocenters. The maximum atomic E-state index is 5.39. The van der Waals surface area contributed by atoms with Crippen LogP contribution in [-0.4, -0.2) is 40.8 Å². The summed E-state index contributed by atoms with van der Waals surface area (Å²) in [6, 6.07) is 0.488. The minimum Gasteiger partial charge on any atom is -0.382 e. The molecule has 0 bridgehead atoms. The lowest BCUT2D eigenvalue weighted by Gasteiger charge is -2.17. The van der Waals surface area contributed by atoms with Crippen LogP contribution in [0.25, 0.3) is 0 Å². The molecule has 0 fully saturated rings. The SMILES string of the molecule is CCOCCCn1cc(C)nc1NC(CC)CSC. The minimum atomic E-state index is 0.488. The summed E-state index contributed by atoms with van der Waals surface area (Å²) < 4.78 is 7.59. The molecular formula is C14H27N3OS. The molecule has 0 aromatic carbocycles. The molecule has 0 saturated heterocycles. The Bertz CT molecular complexity index is 354. The summed E-state index contributed by atoms with van der Waals surface area (Å²) in [6.07, 6.45) is 6.40. The second kappa shape index (κ2) is 9.26. The Hall–Kier alpha value is -0.680. The first-order chi connectivity index (χ1) is 9.21. The fourth-order valence-electron chi connectivity index (χ4n) is 1.96. The van der Waals surface area contributed by atoms with Crippen molar-refractivity contribution in [1.29, 1.82) is 0 Å². The van der Waals surface area contributed by atoms with Crippen LogP contribution in [0, 0.1) is 6.92 Å². The highest BCUT2D eigenvalue weighted by molar-refractivity contribution is 7.98. The Morgan fingerprint density at radius 1 is 1.47 bits per heavy atom. The summed E-state index contributed by atoms with van der Waals surface area (Å²) in [4.78, 5) is 4.58. The van der Waals surface area contributed by atoms with E-state index in [1.54, 1.807) is 0 Å². The van der Waals surface area contributed by atoms with E-state index in [0.29, 0.717) is 6.04 Å². The molecule has 0 spiro atoms. The predicted octanol–water partition coefficient (Wildman–Crippen LogP) is 3.17. The molecule has 1 rings (SSSR count). The number of thioether (sulfide) groups is 1. The molecule has 110 valence electrons. The van der Waals surface area contributed by atoms with Gasteiger partial charge >= 0.3 is 0 Å². The lowest BCUT2D eigenvalue weighted by Crippen LogP contribution is -2.23. The summed E-state index contributed by atoms with van der Waals surface area (Å²) in [5.41, 5.74) is 1.07. The van der Waals surface area contributed by atoms with Gasteiger partial charge in [0.25, 0.3) is 0 Å². The normalized spacial score (nSPS) is 12.6. The first kappa shape index (κ1) is 16.4. The number of hydrogen-bond acceptors (Lipinski definition) is 4. The molecule has 0 amide bonds. The van der Waals surface area contributed by atoms with Gasteiger partial charge in [-0.3, -0.25) is 0 Å². The van der Waals surface area contributed by atoms with Crippen LogP contribution < -0.4 is 5.32 Å². The molecule has 1 N–H and O–H groups in total. The summed E-state index contributed by atoms with van der Waals surface area (Å²) >= 11 is 1.87. The zero-order chi connectivity index (χ0) is 14.1. The number of anilines is 1. The molecule has 0 aliphatic rings. The van der Waals surface area contributed by atoms with E-state index in [4.69, 9.17) is 4.74 Å². The molecule has 19 heavy (non-hydrogen) atoms. The van der Waals surface area contributed by atoms with Gasteiger partial charge in [-0.15, -0.1) is 0 Å². The van der Waals surface area contributed by atoms with Crippen molar-refractivity contribution in [3.05, 3.63) is 11.9 Å². The standard InChI is InChI=1S/C14H27N3OS/c1-5-13(11-19-4)16-14-15-12(3)10-17(14)8-7-9-18-6-2/h10,13H,5-9,11H2,1-4H3,(H,15,16). The minimum absolute atomic E-state index is 0.488. The van der Waals surface area contributed by atoms with Crippen LogP contribution in [0.2, 0.25) is 0 Å². The van der Waals surface area contributed by atoms with Crippen molar-refractivity contribution in [3.63, 3.8) is 0 Å². The Labute approximate surface area is 121 Å². The van der Waals surface area contributed by atoms with Crippen molar-refractivity contribution in [1.82, 2.24) is 9.55 Å². The van der Waals surface area contributed by atoms with Crippen LogP contribution >= 0.6 is 11.8 Å². The highest BCUT2D eigenvalue weighted by Crippen LogP contribution is 2.13. The molecular weight excluding hydrogens is 258 g/mol. The van der Waals surface area contributed by atoms with E-state index in [1.165, 1.54) is 0 Å². The van der Waals surface area contributed by atoms with Gasteiger partial charge in [-0.2, -0.15) is 11.8 Å². The van der Waals surface area contributed by atoms with Crippen LogP contribution in [-0.2, 0) is 11.3 Å². The van der Waals surface area contributed by atoms with Gasteiger partial charge in [0, 0.05) is 37.8 Å². The van der Waals surface area contributed by atoms with Crippen LogP contribution in [0.3, 0.4) is 0 Å². The van der Waals surface area contributed by atoms with Gasteiger partial charge in [-0.05, 0) is 32.9 Å². The topological polar surface area (TPSA) is 39.1 Å². The highest BCUT2D eigenvalue weighted by Gasteiger charge is 2.10. The fraction of sp³-hybridized carbons (Fsp3) is 0.786. The number of rotatable bonds is 10. The second-order valence-electron chi connectivity index (χ2n) is 4.65. The largest absolute Gasteiger partial charge is 0.382 e. The molecule has 1 heterocycles. The molecule has 4 nitrogen and oxygen atoms in total. The van der Waals surface area contributed by atoms with Gasteiger partial charge in [0.15, 0.2) is 0 Å². The molecule has 1 aromatic heterocycles. The predicted molar refractivity (Wildman–Crippen MR) is 84.2 cm³/mol. The van der Waals surface area contributed by atoms with E-state index in [-0.39, 0.29) is 0 Å². The van der Waals surface area contributed by atoms with Crippen LogP contribution in [0.4, 0.5) is 5.95 Å². The van der Waals surface area contributed by atoms with Crippen molar-refractivity contribution in [2.24, 2.45) is 0 Å². The molecule has 0 aliphatic carbocycles. The summed E-state index contributed by atoms with van der Waals surface area (Å²) in [7, 11) is 0. The summed E-state index contributed by atoms with van der Waals surface area (Å²) in [6.45, 7) is 8.85. The maximum Gasteiger partial charge on any atom is 0.203 e. The van der Waals surface area contributed by atoms with Crippen molar-refractivity contribution in [3.8, 4) is 0 Å². The Morgan fingerprint density at radius 2 is 2.26 bits per heavy atom. The average Bonchev–Trinajstić information content (AvgIpc) is 2.74. The first-order valence-corrected chi connectivity index (χ1v) is 8.47. The summed E-state index contributed by atoms with van der Waals surface area (Å²) in [5, 5.41) is 3.55. The van der Waals surface area contributed by atoms with E-state index in [2.05, 4.69) is 34.2 Å². The third kappa shape index (κ3) is 5.87. The Balaban J connectivity index is 2.56. The second-order valence-corrected chi connectivity index (χ2v) is 5.57. The number of nitrogens with one attached hydrogen (secondary N) is 1. The van der Waals surface area contributed by atoms with Gasteiger partial charge < -0.3 is 14.6 Å². The zero-order valence-corrected chi connectivity index (χ0v) is 13.4. The monoisotopic (exact) mass is 285 g/mol. The van der Waals surface area contributed by atoms with Gasteiger partial charge in [0.05, 0.1) is 5.69 Å². The average molecular weight is 285 g/mol. The molecule has 5 heteroatoms. The van der Waals surface area contributed by atoms with Crippen molar-refractivity contribution in [2.45, 2.75) is 46.2 Å². The van der Waals surface area contributed by atoms with E-state index < -0.39 is 0 Å². The van der Waals surface area contributed by atoms with E-state index in [0.717, 1.165) is 50.0 Å². The van der Waals surface area contributed by atoms with Gasteiger partial charge in [0.1, 0.15) is 0 Å². The quantitative estimate of drug-likeness (QED) is 0.670. The number of aryl methyl sites for hydroxylation is 2. The van der Waals surface area contributed by atoms with Crippen molar-refractivity contribution in [2.75, 3.05) is 30.5 Å². The first-order valence-electron chi connectivity index (χ1n) is 7.08.